The summed E-state index contributed by atoms with van der Waals surface area (Å²) in [6.45, 7) is 9.55. The summed E-state index contributed by atoms with van der Waals surface area (Å²) in [7, 11) is 0. The third-order valence-corrected chi connectivity index (χ3v) is 5.91. The molecule has 0 saturated carbocycles. The maximum Gasteiger partial charge on any atom is 0.408 e. The Morgan fingerprint density at radius 1 is 1.00 bits per heavy atom. The highest BCUT2D eigenvalue weighted by molar-refractivity contribution is 5.94. The first kappa shape index (κ1) is 31.3. The van der Waals surface area contributed by atoms with Crippen molar-refractivity contribution in [1.29, 1.82) is 0 Å². The molecule has 212 valence electrons. The highest BCUT2D eigenvalue weighted by Crippen LogP contribution is 2.25. The predicted molar refractivity (Wildman–Crippen MR) is 150 cm³/mol. The van der Waals surface area contributed by atoms with Gasteiger partial charge < -0.3 is 26.0 Å². The third-order valence-electron chi connectivity index (χ3n) is 5.91. The second-order valence-electron chi connectivity index (χ2n) is 10.6. The number of carbonyl (C=O) groups is 4. The number of unbranched alkanes of at least 4 members (excludes halogenated alkanes) is 2. The van der Waals surface area contributed by atoms with Gasteiger partial charge in [0, 0.05) is 13.1 Å². The van der Waals surface area contributed by atoms with Crippen molar-refractivity contribution in [3.63, 3.8) is 0 Å². The molecular weight excluding hydrogens is 496 g/mol. The first-order valence-electron chi connectivity index (χ1n) is 13.4. The Morgan fingerprint density at radius 2 is 1.69 bits per heavy atom. The van der Waals surface area contributed by atoms with E-state index >= 15 is 0 Å². The molecule has 4 N–H and O–H groups in total. The number of hydrogen-bond donors (Lipinski definition) is 3. The minimum atomic E-state index is -1.30. The molecule has 2 rings (SSSR count). The number of nitrogens with one attached hydrogen (secondary N) is 2. The molecule has 2 unspecified atom stereocenters. The average Bonchev–Trinajstić information content (AvgIpc) is 2.85. The Morgan fingerprint density at radius 3 is 2.28 bits per heavy atom. The molecule has 0 aliphatic carbocycles. The molecule has 39 heavy (non-hydrogen) atoms. The summed E-state index contributed by atoms with van der Waals surface area (Å²) in [4.78, 5) is 53.7. The lowest BCUT2D eigenvalue weighted by Crippen LogP contribution is -2.54. The number of amides is 4. The van der Waals surface area contributed by atoms with Crippen molar-refractivity contribution in [3.8, 4) is 0 Å². The van der Waals surface area contributed by atoms with Gasteiger partial charge in [-0.15, -0.1) is 0 Å². The number of nitrogens with two attached hydrogens (primary N) is 1. The number of alkyl carbamates (subject to hydrolysis) is 1. The molecule has 0 fully saturated rings. The van der Waals surface area contributed by atoms with E-state index in [1.807, 2.05) is 62.4 Å². The Bertz CT molecular complexity index is 1110. The molecule has 2 atom stereocenters. The Hall–Kier alpha value is -3.88. The second kappa shape index (κ2) is 14.9. The quantitative estimate of drug-likeness (QED) is 0.330. The minimum absolute atomic E-state index is 0.245. The monoisotopic (exact) mass is 538 g/mol. The highest BCUT2D eigenvalue weighted by Gasteiger charge is 2.36. The fraction of sp³-hybridized carbons (Fsp3) is 0.467. The molecule has 9 heteroatoms. The zero-order valence-corrected chi connectivity index (χ0v) is 23.7. The molecule has 0 spiro atoms. The summed E-state index contributed by atoms with van der Waals surface area (Å²) < 4.78 is 5.32. The van der Waals surface area contributed by atoms with Crippen LogP contribution in [0.4, 0.5) is 4.79 Å². The molecule has 0 bridgehead atoms. The van der Waals surface area contributed by atoms with Crippen molar-refractivity contribution in [3.05, 3.63) is 71.3 Å². The molecule has 0 aliphatic rings. The molecule has 2 aromatic carbocycles. The molecule has 0 radical (unpaired) electrons. The molecular formula is C30H42N4O5. The van der Waals surface area contributed by atoms with Crippen LogP contribution in [0.1, 0.15) is 76.1 Å². The largest absolute Gasteiger partial charge is 0.444 e. The summed E-state index contributed by atoms with van der Waals surface area (Å²) in [5.41, 5.74) is 7.11. The molecule has 0 heterocycles. The fourth-order valence-electron chi connectivity index (χ4n) is 4.14. The Balaban J connectivity index is 2.47. The lowest BCUT2D eigenvalue weighted by molar-refractivity contribution is -0.143. The Kier molecular flexibility index (Phi) is 12.0. The zero-order chi connectivity index (χ0) is 29.0. The molecule has 0 aromatic heterocycles. The van der Waals surface area contributed by atoms with Crippen LogP contribution < -0.4 is 16.4 Å². The average molecular weight is 539 g/mol. The summed E-state index contributed by atoms with van der Waals surface area (Å²) in [6, 6.07) is 14.6. The number of nitrogens with zero attached hydrogens (tertiary/aromatic N) is 1. The van der Waals surface area contributed by atoms with E-state index < -0.39 is 42.0 Å². The van der Waals surface area contributed by atoms with Crippen LogP contribution in [0.15, 0.2) is 54.6 Å². The van der Waals surface area contributed by atoms with Crippen LogP contribution in [-0.2, 0) is 25.7 Å². The van der Waals surface area contributed by atoms with Crippen LogP contribution in [0.5, 0.6) is 0 Å². The van der Waals surface area contributed by atoms with E-state index in [-0.39, 0.29) is 19.0 Å². The first-order chi connectivity index (χ1) is 18.4. The molecule has 0 saturated heterocycles. The van der Waals surface area contributed by atoms with Crippen LogP contribution in [-0.4, -0.2) is 46.9 Å². The van der Waals surface area contributed by atoms with Crippen molar-refractivity contribution in [2.75, 3.05) is 6.54 Å². The smallest absolute Gasteiger partial charge is 0.408 e. The number of primary amides is 1. The number of aryl methyl sites for hydroxylation is 1. The summed E-state index contributed by atoms with van der Waals surface area (Å²) >= 11 is 0. The second-order valence-corrected chi connectivity index (χ2v) is 10.6. The Labute approximate surface area is 231 Å². The minimum Gasteiger partial charge on any atom is -0.444 e. The zero-order valence-electron chi connectivity index (χ0n) is 23.7. The standard InChI is InChI=1S/C30H42N4O5/c1-6-7-11-17-34(28(37)24(19-25(31)35)33-29(38)39-30(3,4)5)26(23-16-12-13-21(2)18-23)27(36)32-20-22-14-9-8-10-15-22/h8-10,12-16,18,24,26H,6-7,11,17,19-20H2,1-5H3,(H2,31,35)(H,32,36)(H,33,38). The maximum atomic E-state index is 14.0. The third kappa shape index (κ3) is 10.8. The highest BCUT2D eigenvalue weighted by atomic mass is 16.6. The van der Waals surface area contributed by atoms with Gasteiger partial charge in [-0.1, -0.05) is 79.9 Å². The fourth-order valence-corrected chi connectivity index (χ4v) is 4.14. The number of ether oxygens (including phenoxy) is 1. The van der Waals surface area contributed by atoms with E-state index in [1.54, 1.807) is 26.8 Å². The maximum absolute atomic E-state index is 14.0. The topological polar surface area (TPSA) is 131 Å². The number of carbonyl (C=O) groups excluding carboxylic acids is 4. The van der Waals surface area contributed by atoms with Crippen LogP contribution in [0.25, 0.3) is 0 Å². The van der Waals surface area contributed by atoms with Gasteiger partial charge in [0.25, 0.3) is 0 Å². The van der Waals surface area contributed by atoms with E-state index in [9.17, 15) is 19.2 Å². The summed E-state index contributed by atoms with van der Waals surface area (Å²) in [5.74, 6) is -1.72. The van der Waals surface area contributed by atoms with Crippen molar-refractivity contribution in [2.45, 2.75) is 84.5 Å². The van der Waals surface area contributed by atoms with Crippen molar-refractivity contribution in [1.82, 2.24) is 15.5 Å². The van der Waals surface area contributed by atoms with Crippen LogP contribution in [0.2, 0.25) is 0 Å². The number of rotatable bonds is 13. The normalized spacial score (nSPS) is 12.6. The SMILES string of the molecule is CCCCCN(C(=O)C(CC(N)=O)NC(=O)OC(C)(C)C)C(C(=O)NCc1ccccc1)c1cccc(C)c1. The van der Waals surface area contributed by atoms with E-state index in [4.69, 9.17) is 10.5 Å². The lowest BCUT2D eigenvalue weighted by Gasteiger charge is -2.34. The van der Waals surface area contributed by atoms with Gasteiger partial charge in [-0.2, -0.15) is 0 Å². The first-order valence-corrected chi connectivity index (χ1v) is 13.4. The van der Waals surface area contributed by atoms with Crippen molar-refractivity contribution in [2.24, 2.45) is 5.73 Å². The van der Waals surface area contributed by atoms with Crippen LogP contribution >= 0.6 is 0 Å². The van der Waals surface area contributed by atoms with Gasteiger partial charge in [0.2, 0.25) is 17.7 Å². The summed E-state index contributed by atoms with van der Waals surface area (Å²) in [5, 5.41) is 5.46. The summed E-state index contributed by atoms with van der Waals surface area (Å²) in [6.07, 6.45) is 1.07. The van der Waals surface area contributed by atoms with Gasteiger partial charge >= 0.3 is 6.09 Å². The van der Waals surface area contributed by atoms with E-state index in [0.717, 1.165) is 24.0 Å². The van der Waals surface area contributed by atoms with E-state index in [0.29, 0.717) is 12.0 Å². The predicted octanol–water partition coefficient (Wildman–Crippen LogP) is 4.14. The van der Waals surface area contributed by atoms with Crippen molar-refractivity contribution < 1.29 is 23.9 Å². The molecule has 0 aliphatic heterocycles. The molecule has 4 amide bonds. The molecule has 2 aromatic rings. The van der Waals surface area contributed by atoms with Gasteiger partial charge in [-0.05, 0) is 45.2 Å². The number of hydrogen-bond acceptors (Lipinski definition) is 5. The van der Waals surface area contributed by atoms with Gasteiger partial charge in [0.15, 0.2) is 0 Å². The van der Waals surface area contributed by atoms with Crippen LogP contribution in [0.3, 0.4) is 0 Å². The van der Waals surface area contributed by atoms with Crippen molar-refractivity contribution >= 4 is 23.8 Å². The van der Waals surface area contributed by atoms with E-state index in [2.05, 4.69) is 10.6 Å². The van der Waals surface area contributed by atoms with Gasteiger partial charge in [0.05, 0.1) is 6.42 Å². The van der Waals surface area contributed by atoms with Gasteiger partial charge in [-0.25, -0.2) is 4.79 Å². The lowest BCUT2D eigenvalue weighted by atomic mass is 9.99. The van der Waals surface area contributed by atoms with E-state index in [1.165, 1.54) is 4.90 Å². The van der Waals surface area contributed by atoms with Gasteiger partial charge in [0.1, 0.15) is 17.7 Å². The number of benzene rings is 2. The molecule has 9 nitrogen and oxygen atoms in total. The van der Waals surface area contributed by atoms with Crippen LogP contribution in [0, 0.1) is 6.92 Å². The van der Waals surface area contributed by atoms with Gasteiger partial charge in [-0.3, -0.25) is 14.4 Å².